The number of halogens is 1. The first-order chi connectivity index (χ1) is 14.5. The van der Waals surface area contributed by atoms with E-state index in [0.717, 1.165) is 0 Å². The molecule has 1 heterocycles. The van der Waals surface area contributed by atoms with E-state index < -0.39 is 16.6 Å². The van der Waals surface area contributed by atoms with Crippen molar-refractivity contribution in [3.8, 4) is 0 Å². The van der Waals surface area contributed by atoms with Gasteiger partial charge in [0.25, 0.3) is 11.6 Å². The van der Waals surface area contributed by atoms with Crippen LogP contribution in [0.3, 0.4) is 0 Å². The Kier molecular flexibility index (Phi) is 7.12. The SMILES string of the molecule is CCn1c(CCNC(=O)c2ccccc2F)nnc1SCc1ccccc1[N+](=O)[O-]. The van der Waals surface area contributed by atoms with Crippen molar-refractivity contribution in [1.29, 1.82) is 0 Å². The van der Waals surface area contributed by atoms with Crippen molar-refractivity contribution < 1.29 is 14.1 Å². The topological polar surface area (TPSA) is 103 Å². The van der Waals surface area contributed by atoms with Crippen molar-refractivity contribution >= 4 is 23.4 Å². The van der Waals surface area contributed by atoms with Gasteiger partial charge in [0.05, 0.1) is 10.5 Å². The van der Waals surface area contributed by atoms with Crippen molar-refractivity contribution in [2.45, 2.75) is 30.8 Å². The van der Waals surface area contributed by atoms with Gasteiger partial charge in [-0.2, -0.15) is 0 Å². The van der Waals surface area contributed by atoms with Gasteiger partial charge in [-0.15, -0.1) is 10.2 Å². The number of amides is 1. The average molecular weight is 429 g/mol. The summed E-state index contributed by atoms with van der Waals surface area (Å²) in [5.74, 6) is 0.0118. The molecule has 0 spiro atoms. The number of thioether (sulfide) groups is 1. The highest BCUT2D eigenvalue weighted by molar-refractivity contribution is 7.98. The predicted molar refractivity (Wildman–Crippen MR) is 111 cm³/mol. The molecule has 2 aromatic carbocycles. The Morgan fingerprint density at radius 3 is 2.67 bits per heavy atom. The van der Waals surface area contributed by atoms with Gasteiger partial charge in [0.15, 0.2) is 5.16 Å². The maximum Gasteiger partial charge on any atom is 0.273 e. The lowest BCUT2D eigenvalue weighted by Gasteiger charge is -2.09. The number of hydrogen-bond donors (Lipinski definition) is 1. The molecule has 8 nitrogen and oxygen atoms in total. The summed E-state index contributed by atoms with van der Waals surface area (Å²) < 4.78 is 15.6. The van der Waals surface area contributed by atoms with Crippen LogP contribution in [0.1, 0.15) is 28.7 Å². The summed E-state index contributed by atoms with van der Waals surface area (Å²) in [6.45, 7) is 2.84. The van der Waals surface area contributed by atoms with Crippen LogP contribution >= 0.6 is 11.8 Å². The third kappa shape index (κ3) is 5.01. The zero-order valence-electron chi connectivity index (χ0n) is 16.2. The highest BCUT2D eigenvalue weighted by atomic mass is 32.2. The van der Waals surface area contributed by atoms with Crippen LogP contribution in [0.25, 0.3) is 0 Å². The van der Waals surface area contributed by atoms with Gasteiger partial charge in [0.1, 0.15) is 11.6 Å². The molecular weight excluding hydrogens is 409 g/mol. The summed E-state index contributed by atoms with van der Waals surface area (Å²) >= 11 is 1.36. The Morgan fingerprint density at radius 2 is 1.93 bits per heavy atom. The maximum absolute atomic E-state index is 13.7. The van der Waals surface area contributed by atoms with E-state index in [1.807, 2.05) is 11.5 Å². The third-order valence-electron chi connectivity index (χ3n) is 4.41. The average Bonchev–Trinajstić information content (AvgIpc) is 3.14. The maximum atomic E-state index is 13.7. The van der Waals surface area contributed by atoms with Gasteiger partial charge in [-0.1, -0.05) is 42.1 Å². The second-order valence-electron chi connectivity index (χ2n) is 6.30. The number of hydrogen-bond acceptors (Lipinski definition) is 6. The van der Waals surface area contributed by atoms with Crippen molar-refractivity contribution in [2.75, 3.05) is 6.54 Å². The first kappa shape index (κ1) is 21.4. The van der Waals surface area contributed by atoms with Crippen LogP contribution < -0.4 is 5.32 Å². The molecule has 0 aliphatic carbocycles. The Morgan fingerprint density at radius 1 is 1.20 bits per heavy atom. The second-order valence-corrected chi connectivity index (χ2v) is 7.25. The minimum atomic E-state index is -0.569. The van der Waals surface area contributed by atoms with Crippen LogP contribution in [-0.4, -0.2) is 32.1 Å². The number of benzene rings is 2. The molecule has 0 bridgehead atoms. The van der Waals surface area contributed by atoms with Crippen LogP contribution in [0, 0.1) is 15.9 Å². The van der Waals surface area contributed by atoms with E-state index in [0.29, 0.717) is 35.3 Å². The minimum Gasteiger partial charge on any atom is -0.351 e. The first-order valence-corrected chi connectivity index (χ1v) is 10.3. The van der Waals surface area contributed by atoms with E-state index in [1.165, 1.54) is 36.0 Å². The molecule has 1 amide bonds. The number of rotatable bonds is 9. The van der Waals surface area contributed by atoms with Crippen LogP contribution in [0.15, 0.2) is 53.7 Å². The molecule has 0 unspecified atom stereocenters. The predicted octanol–water partition coefficient (Wildman–Crippen LogP) is 3.61. The number of para-hydroxylation sites is 1. The van der Waals surface area contributed by atoms with Gasteiger partial charge in [-0.3, -0.25) is 14.9 Å². The normalized spacial score (nSPS) is 10.7. The lowest BCUT2D eigenvalue weighted by atomic mass is 10.2. The molecule has 0 aliphatic heterocycles. The Balaban J connectivity index is 1.61. The first-order valence-electron chi connectivity index (χ1n) is 9.31. The molecule has 3 aromatic rings. The van der Waals surface area contributed by atoms with E-state index in [-0.39, 0.29) is 17.8 Å². The van der Waals surface area contributed by atoms with Crippen LogP contribution in [0.5, 0.6) is 0 Å². The summed E-state index contributed by atoms with van der Waals surface area (Å²) in [7, 11) is 0. The summed E-state index contributed by atoms with van der Waals surface area (Å²) in [5.41, 5.74) is 0.677. The molecule has 10 heteroatoms. The highest BCUT2D eigenvalue weighted by Gasteiger charge is 2.16. The van der Waals surface area contributed by atoms with Crippen molar-refractivity contribution in [2.24, 2.45) is 0 Å². The Hall–Kier alpha value is -3.27. The van der Waals surface area contributed by atoms with Gasteiger partial charge < -0.3 is 9.88 Å². The summed E-state index contributed by atoms with van der Waals surface area (Å²) in [6, 6.07) is 12.4. The summed E-state index contributed by atoms with van der Waals surface area (Å²) in [6.07, 6.45) is 0.424. The number of carbonyl (C=O) groups excluding carboxylic acids is 1. The van der Waals surface area contributed by atoms with Crippen LogP contribution in [0.2, 0.25) is 0 Å². The van der Waals surface area contributed by atoms with Gasteiger partial charge in [-0.05, 0) is 19.1 Å². The number of nitrogens with one attached hydrogen (secondary N) is 1. The Labute approximate surface area is 176 Å². The fourth-order valence-electron chi connectivity index (χ4n) is 2.91. The standard InChI is InChI=1S/C20H20FN5O3S/c1-2-25-18(11-12-22-19(27)15-8-4-5-9-16(15)21)23-24-20(25)30-13-14-7-3-6-10-17(14)26(28)29/h3-10H,2,11-13H2,1H3,(H,22,27). The molecule has 0 radical (unpaired) electrons. The van der Waals surface area contributed by atoms with Gasteiger partial charge in [-0.25, -0.2) is 4.39 Å². The lowest BCUT2D eigenvalue weighted by molar-refractivity contribution is -0.385. The van der Waals surface area contributed by atoms with Crippen molar-refractivity contribution in [3.05, 3.63) is 81.4 Å². The number of nitrogens with zero attached hydrogens (tertiary/aromatic N) is 4. The fraction of sp³-hybridized carbons (Fsp3) is 0.250. The monoisotopic (exact) mass is 429 g/mol. The van der Waals surface area contributed by atoms with Crippen LogP contribution in [0.4, 0.5) is 10.1 Å². The zero-order valence-corrected chi connectivity index (χ0v) is 17.1. The summed E-state index contributed by atoms with van der Waals surface area (Å²) in [5, 5.41) is 22.8. The quantitative estimate of drug-likeness (QED) is 0.317. The zero-order chi connectivity index (χ0) is 21.5. The smallest absolute Gasteiger partial charge is 0.273 e. The second kappa shape index (κ2) is 9.97. The van der Waals surface area contributed by atoms with Gasteiger partial charge >= 0.3 is 0 Å². The van der Waals surface area contributed by atoms with E-state index in [2.05, 4.69) is 15.5 Å². The van der Waals surface area contributed by atoms with Gasteiger partial charge in [0.2, 0.25) is 0 Å². The molecule has 0 saturated carbocycles. The lowest BCUT2D eigenvalue weighted by Crippen LogP contribution is -2.27. The highest BCUT2D eigenvalue weighted by Crippen LogP contribution is 2.27. The molecule has 1 aromatic heterocycles. The molecular formula is C20H20FN5O3S. The van der Waals surface area contributed by atoms with Crippen molar-refractivity contribution in [1.82, 2.24) is 20.1 Å². The van der Waals surface area contributed by atoms with E-state index >= 15 is 0 Å². The number of aromatic nitrogens is 3. The molecule has 156 valence electrons. The largest absolute Gasteiger partial charge is 0.351 e. The molecule has 3 rings (SSSR count). The fourth-order valence-corrected chi connectivity index (χ4v) is 3.93. The van der Waals surface area contributed by atoms with E-state index in [9.17, 15) is 19.3 Å². The molecule has 0 atom stereocenters. The minimum absolute atomic E-state index is 0.00448. The van der Waals surface area contributed by atoms with Gasteiger partial charge in [0, 0.05) is 36.9 Å². The molecule has 30 heavy (non-hydrogen) atoms. The molecule has 0 saturated heterocycles. The molecule has 0 aliphatic rings. The van der Waals surface area contributed by atoms with E-state index in [1.54, 1.807) is 24.3 Å². The number of carbonyl (C=O) groups is 1. The van der Waals surface area contributed by atoms with Crippen LogP contribution in [-0.2, 0) is 18.7 Å². The number of nitro groups is 1. The summed E-state index contributed by atoms with van der Waals surface area (Å²) in [4.78, 5) is 22.9. The number of nitro benzene ring substituents is 1. The Bertz CT molecular complexity index is 1060. The third-order valence-corrected chi connectivity index (χ3v) is 5.42. The molecule has 0 fully saturated rings. The molecule has 1 N–H and O–H groups in total. The van der Waals surface area contributed by atoms with E-state index in [4.69, 9.17) is 0 Å². The van der Waals surface area contributed by atoms with Crippen molar-refractivity contribution in [3.63, 3.8) is 0 Å².